The van der Waals surface area contributed by atoms with Crippen LogP contribution in [-0.2, 0) is 16.1 Å². The third kappa shape index (κ3) is 5.99. The van der Waals surface area contributed by atoms with Gasteiger partial charge in [0.2, 0.25) is 5.91 Å². The molecule has 0 unspecified atom stereocenters. The van der Waals surface area contributed by atoms with Gasteiger partial charge in [-0.2, -0.15) is 0 Å². The number of carbonyl (C=O) groups is 2. The molecule has 2 aromatic carbocycles. The van der Waals surface area contributed by atoms with Crippen molar-refractivity contribution in [3.8, 4) is 5.75 Å². The SMILES string of the molecule is CC[C@H](C(=O)NC1CCCC1)N(Cc1ccccc1Cl)C(=O)COc1ccccc1. The minimum Gasteiger partial charge on any atom is -0.484 e. The lowest BCUT2D eigenvalue weighted by Gasteiger charge is -2.31. The largest absolute Gasteiger partial charge is 0.484 e. The molecular weight excluding hydrogens is 400 g/mol. The fourth-order valence-corrected chi connectivity index (χ4v) is 4.04. The molecule has 0 aliphatic heterocycles. The number of nitrogens with one attached hydrogen (secondary N) is 1. The van der Waals surface area contributed by atoms with Gasteiger partial charge in [0.05, 0.1) is 0 Å². The van der Waals surface area contributed by atoms with E-state index in [1.165, 1.54) is 0 Å². The van der Waals surface area contributed by atoms with Crippen LogP contribution in [0.4, 0.5) is 0 Å². The summed E-state index contributed by atoms with van der Waals surface area (Å²) in [6.07, 6.45) is 4.78. The molecule has 160 valence electrons. The number of amides is 2. The monoisotopic (exact) mass is 428 g/mol. The molecule has 0 heterocycles. The molecule has 0 radical (unpaired) electrons. The van der Waals surface area contributed by atoms with Crippen molar-refractivity contribution < 1.29 is 14.3 Å². The molecule has 1 fully saturated rings. The number of halogens is 1. The van der Waals surface area contributed by atoms with E-state index in [0.29, 0.717) is 17.2 Å². The van der Waals surface area contributed by atoms with E-state index in [1.54, 1.807) is 23.1 Å². The lowest BCUT2D eigenvalue weighted by atomic mass is 10.1. The van der Waals surface area contributed by atoms with Crippen LogP contribution in [0.15, 0.2) is 54.6 Å². The Morgan fingerprint density at radius 3 is 2.43 bits per heavy atom. The van der Waals surface area contributed by atoms with Gasteiger partial charge in [-0.15, -0.1) is 0 Å². The van der Waals surface area contributed by atoms with E-state index < -0.39 is 6.04 Å². The Kier molecular flexibility index (Phi) is 8.14. The van der Waals surface area contributed by atoms with Gasteiger partial charge < -0.3 is 15.0 Å². The Balaban J connectivity index is 1.76. The van der Waals surface area contributed by atoms with Gasteiger partial charge in [-0.05, 0) is 43.0 Å². The number of ether oxygens (including phenoxy) is 1. The molecule has 1 saturated carbocycles. The van der Waals surface area contributed by atoms with Gasteiger partial charge in [0, 0.05) is 17.6 Å². The van der Waals surface area contributed by atoms with Crippen molar-refractivity contribution in [2.45, 2.75) is 57.7 Å². The zero-order valence-electron chi connectivity index (χ0n) is 17.4. The molecule has 1 N–H and O–H groups in total. The average Bonchev–Trinajstić information content (AvgIpc) is 3.27. The summed E-state index contributed by atoms with van der Waals surface area (Å²) in [7, 11) is 0. The lowest BCUT2D eigenvalue weighted by Crippen LogP contribution is -2.52. The first-order chi connectivity index (χ1) is 14.6. The van der Waals surface area contributed by atoms with Gasteiger partial charge in [0.1, 0.15) is 11.8 Å². The second-order valence-corrected chi connectivity index (χ2v) is 8.04. The molecule has 0 saturated heterocycles. The number of benzene rings is 2. The zero-order valence-corrected chi connectivity index (χ0v) is 18.1. The number of hydrogen-bond donors (Lipinski definition) is 1. The Morgan fingerprint density at radius 1 is 1.10 bits per heavy atom. The third-order valence-corrected chi connectivity index (χ3v) is 5.86. The van der Waals surface area contributed by atoms with Gasteiger partial charge >= 0.3 is 0 Å². The van der Waals surface area contributed by atoms with E-state index in [4.69, 9.17) is 16.3 Å². The van der Waals surface area contributed by atoms with Crippen LogP contribution in [0.2, 0.25) is 5.02 Å². The van der Waals surface area contributed by atoms with E-state index in [1.807, 2.05) is 43.3 Å². The van der Waals surface area contributed by atoms with Crippen LogP contribution >= 0.6 is 11.6 Å². The first-order valence-electron chi connectivity index (χ1n) is 10.6. The lowest BCUT2D eigenvalue weighted by molar-refractivity contribution is -0.143. The van der Waals surface area contributed by atoms with Crippen molar-refractivity contribution in [2.24, 2.45) is 0 Å². The quantitative estimate of drug-likeness (QED) is 0.635. The number of nitrogens with zero attached hydrogens (tertiary/aromatic N) is 1. The summed E-state index contributed by atoms with van der Waals surface area (Å²) in [5.74, 6) is 0.267. The Hall–Kier alpha value is -2.53. The molecule has 2 amide bonds. The minimum absolute atomic E-state index is 0.107. The molecule has 5 nitrogen and oxygen atoms in total. The smallest absolute Gasteiger partial charge is 0.261 e. The summed E-state index contributed by atoms with van der Waals surface area (Å²) < 4.78 is 5.67. The molecule has 0 spiro atoms. The van der Waals surface area contributed by atoms with Crippen molar-refractivity contribution in [2.75, 3.05) is 6.61 Å². The maximum Gasteiger partial charge on any atom is 0.261 e. The highest BCUT2D eigenvalue weighted by molar-refractivity contribution is 6.31. The van der Waals surface area contributed by atoms with E-state index in [-0.39, 0.29) is 31.0 Å². The first kappa shape index (κ1) is 22.2. The summed E-state index contributed by atoms with van der Waals surface area (Å²) in [6, 6.07) is 16.2. The van der Waals surface area contributed by atoms with Gasteiger partial charge in [-0.3, -0.25) is 9.59 Å². The molecule has 2 aromatic rings. The molecule has 1 aliphatic rings. The molecule has 3 rings (SSSR count). The highest BCUT2D eigenvalue weighted by Gasteiger charge is 2.31. The fraction of sp³-hybridized carbons (Fsp3) is 0.417. The van der Waals surface area contributed by atoms with Crippen molar-refractivity contribution in [1.82, 2.24) is 10.2 Å². The zero-order chi connectivity index (χ0) is 21.3. The highest BCUT2D eigenvalue weighted by Crippen LogP contribution is 2.22. The van der Waals surface area contributed by atoms with Gasteiger partial charge in [-0.1, -0.05) is 67.8 Å². The predicted octanol–water partition coefficient (Wildman–Crippen LogP) is 4.59. The van der Waals surface area contributed by atoms with Crippen LogP contribution in [0.3, 0.4) is 0 Å². The molecule has 30 heavy (non-hydrogen) atoms. The van der Waals surface area contributed by atoms with E-state index >= 15 is 0 Å². The van der Waals surface area contributed by atoms with Crippen molar-refractivity contribution in [1.29, 1.82) is 0 Å². The molecule has 1 atom stereocenters. The summed E-state index contributed by atoms with van der Waals surface area (Å²) in [5, 5.41) is 3.71. The highest BCUT2D eigenvalue weighted by atomic mass is 35.5. The van der Waals surface area contributed by atoms with E-state index in [9.17, 15) is 9.59 Å². The number of carbonyl (C=O) groups excluding carboxylic acids is 2. The summed E-state index contributed by atoms with van der Waals surface area (Å²) in [5.41, 5.74) is 0.805. The number of hydrogen-bond acceptors (Lipinski definition) is 3. The standard InChI is InChI=1S/C24H29ClN2O3/c1-2-22(24(29)26-19-11-7-8-12-19)27(16-18-10-6-9-15-21(18)25)23(28)17-30-20-13-4-3-5-14-20/h3-6,9-10,13-15,19,22H,2,7-8,11-12,16-17H2,1H3,(H,26,29)/t22-/m1/s1. The summed E-state index contributed by atoms with van der Waals surface area (Å²) in [6.45, 7) is 2.04. The molecule has 6 heteroatoms. The Bertz CT molecular complexity index is 837. The summed E-state index contributed by atoms with van der Waals surface area (Å²) >= 11 is 6.34. The second-order valence-electron chi connectivity index (χ2n) is 7.63. The fourth-order valence-electron chi connectivity index (χ4n) is 3.84. The first-order valence-corrected chi connectivity index (χ1v) is 11.0. The van der Waals surface area contributed by atoms with Crippen LogP contribution in [0, 0.1) is 0 Å². The number of para-hydroxylation sites is 1. The maximum atomic E-state index is 13.2. The Morgan fingerprint density at radius 2 is 1.77 bits per heavy atom. The van der Waals surface area contributed by atoms with Crippen LogP contribution in [0.1, 0.15) is 44.6 Å². The van der Waals surface area contributed by atoms with E-state index in [0.717, 1.165) is 31.2 Å². The van der Waals surface area contributed by atoms with Crippen LogP contribution in [0.25, 0.3) is 0 Å². The molecule has 1 aliphatic carbocycles. The van der Waals surface area contributed by atoms with Crippen molar-refractivity contribution in [3.63, 3.8) is 0 Å². The normalized spacial score (nSPS) is 14.9. The molecule has 0 aromatic heterocycles. The Labute approximate surface area is 183 Å². The van der Waals surface area contributed by atoms with Crippen LogP contribution in [-0.4, -0.2) is 35.4 Å². The third-order valence-electron chi connectivity index (χ3n) is 5.49. The van der Waals surface area contributed by atoms with Gasteiger partial charge in [0.25, 0.3) is 5.91 Å². The van der Waals surface area contributed by atoms with E-state index in [2.05, 4.69) is 5.32 Å². The average molecular weight is 429 g/mol. The minimum atomic E-state index is -0.575. The van der Waals surface area contributed by atoms with Gasteiger partial charge in [0.15, 0.2) is 6.61 Å². The number of rotatable bonds is 9. The predicted molar refractivity (Wildman–Crippen MR) is 118 cm³/mol. The van der Waals surface area contributed by atoms with Crippen LogP contribution in [0.5, 0.6) is 5.75 Å². The molecule has 0 bridgehead atoms. The summed E-state index contributed by atoms with van der Waals surface area (Å²) in [4.78, 5) is 27.8. The maximum absolute atomic E-state index is 13.2. The molecular formula is C24H29ClN2O3. The van der Waals surface area contributed by atoms with Crippen molar-refractivity contribution >= 4 is 23.4 Å². The second kappa shape index (κ2) is 11.0. The van der Waals surface area contributed by atoms with Gasteiger partial charge in [-0.25, -0.2) is 0 Å². The topological polar surface area (TPSA) is 58.6 Å². The van der Waals surface area contributed by atoms with Crippen LogP contribution < -0.4 is 10.1 Å². The van der Waals surface area contributed by atoms with Crippen molar-refractivity contribution in [3.05, 3.63) is 65.2 Å².